The van der Waals surface area contributed by atoms with Gasteiger partial charge in [-0.05, 0) is 71.3 Å². The van der Waals surface area contributed by atoms with Crippen molar-refractivity contribution < 1.29 is 13.3 Å². The molecule has 8 aromatic carbocycles. The molecule has 0 aliphatic rings. The summed E-state index contributed by atoms with van der Waals surface area (Å²) in [5, 5.41) is 6.30. The minimum Gasteiger partial charge on any atom is -0.456 e. The van der Waals surface area contributed by atoms with Crippen molar-refractivity contribution in [3.05, 3.63) is 176 Å². The Morgan fingerprint density at radius 3 is 1.60 bits per heavy atom. The summed E-state index contributed by atoms with van der Waals surface area (Å²) < 4.78 is 19.4. The summed E-state index contributed by atoms with van der Waals surface area (Å²) in [5.74, 6) is 1.66. The molecule has 12 aromatic rings. The molecule has 0 radical (unpaired) electrons. The molecule has 0 N–H and O–H groups in total. The third-order valence-electron chi connectivity index (χ3n) is 10.9. The summed E-state index contributed by atoms with van der Waals surface area (Å²) in [7, 11) is 0. The number of hydrogen-bond acceptors (Lipinski definition) is 6. The van der Waals surface area contributed by atoms with Crippen molar-refractivity contribution in [1.82, 2.24) is 15.0 Å². The van der Waals surface area contributed by atoms with E-state index in [1.165, 1.54) is 0 Å². The quantitative estimate of drug-likeness (QED) is 0.175. The monoisotopic (exact) mass is 731 g/mol. The number of fused-ring (bicyclic) bond motifs is 9. The molecule has 0 unspecified atom stereocenters. The zero-order chi connectivity index (χ0) is 37.5. The van der Waals surface area contributed by atoms with Crippen LogP contribution in [-0.4, -0.2) is 15.0 Å². The van der Waals surface area contributed by atoms with Crippen LogP contribution in [0.2, 0.25) is 0 Å². The number of hydrogen-bond donors (Lipinski definition) is 0. The summed E-state index contributed by atoms with van der Waals surface area (Å²) in [4.78, 5) is 15.1. The van der Waals surface area contributed by atoms with Crippen LogP contribution in [0.25, 0.3) is 122 Å². The first-order chi connectivity index (χ1) is 28.2. The second kappa shape index (κ2) is 12.3. The van der Waals surface area contributed by atoms with Gasteiger partial charge in [0.2, 0.25) is 0 Å². The van der Waals surface area contributed by atoms with E-state index in [-0.39, 0.29) is 0 Å². The number of aromatic nitrogens is 3. The van der Waals surface area contributed by atoms with Crippen LogP contribution in [0.5, 0.6) is 0 Å². The third-order valence-corrected chi connectivity index (χ3v) is 10.9. The first-order valence-electron chi connectivity index (χ1n) is 18.9. The molecule has 0 bridgehead atoms. The largest absolute Gasteiger partial charge is 0.456 e. The molecule has 0 saturated heterocycles. The van der Waals surface area contributed by atoms with Crippen LogP contribution in [0.4, 0.5) is 0 Å². The van der Waals surface area contributed by atoms with Crippen LogP contribution in [0, 0.1) is 0 Å². The molecule has 0 aliphatic carbocycles. The molecule has 0 aliphatic heterocycles. The van der Waals surface area contributed by atoms with Crippen LogP contribution in [0.3, 0.4) is 0 Å². The third kappa shape index (κ3) is 5.08. The van der Waals surface area contributed by atoms with E-state index in [4.69, 9.17) is 28.2 Å². The summed E-state index contributed by atoms with van der Waals surface area (Å²) in [6.07, 6.45) is 0. The lowest BCUT2D eigenvalue weighted by Crippen LogP contribution is -2.00. The van der Waals surface area contributed by atoms with Crippen molar-refractivity contribution in [2.45, 2.75) is 0 Å². The minimum absolute atomic E-state index is 0.537. The van der Waals surface area contributed by atoms with Crippen molar-refractivity contribution in [3.63, 3.8) is 0 Å². The summed E-state index contributed by atoms with van der Waals surface area (Å²) in [6.45, 7) is 0. The van der Waals surface area contributed by atoms with E-state index in [0.717, 1.165) is 105 Å². The lowest BCUT2D eigenvalue weighted by molar-refractivity contribution is 0.668. The molecule has 4 aromatic heterocycles. The molecule has 0 atom stereocenters. The summed E-state index contributed by atoms with van der Waals surface area (Å²) in [5.41, 5.74) is 11.8. The van der Waals surface area contributed by atoms with E-state index < -0.39 is 0 Å². The van der Waals surface area contributed by atoms with E-state index >= 15 is 0 Å². The second-order valence-corrected chi connectivity index (χ2v) is 14.3. The number of rotatable bonds is 5. The maximum atomic E-state index is 6.53. The summed E-state index contributed by atoms with van der Waals surface area (Å²) in [6, 6.07) is 59.9. The highest BCUT2D eigenvalue weighted by atomic mass is 16.3. The number of para-hydroxylation sites is 3. The van der Waals surface area contributed by atoms with Gasteiger partial charge in [0.15, 0.2) is 17.5 Å². The predicted octanol–water partition coefficient (Wildman–Crippen LogP) is 13.9. The molecule has 57 heavy (non-hydrogen) atoms. The molecule has 6 heteroatoms. The minimum atomic E-state index is 0.537. The Labute approximate surface area is 325 Å². The Bertz CT molecular complexity index is 3530. The maximum Gasteiger partial charge on any atom is 0.167 e. The smallest absolute Gasteiger partial charge is 0.167 e. The Morgan fingerprint density at radius 1 is 0.263 bits per heavy atom. The van der Waals surface area contributed by atoms with E-state index in [0.29, 0.717) is 17.5 Å². The van der Waals surface area contributed by atoms with Gasteiger partial charge >= 0.3 is 0 Å². The molecule has 4 heterocycles. The first-order valence-corrected chi connectivity index (χ1v) is 18.9. The molecule has 12 rings (SSSR count). The van der Waals surface area contributed by atoms with Crippen molar-refractivity contribution in [2.24, 2.45) is 0 Å². The highest BCUT2D eigenvalue weighted by molar-refractivity contribution is 6.13. The first kappa shape index (κ1) is 31.5. The van der Waals surface area contributed by atoms with E-state index in [2.05, 4.69) is 91.0 Å². The van der Waals surface area contributed by atoms with Crippen LogP contribution in [-0.2, 0) is 0 Å². The van der Waals surface area contributed by atoms with E-state index in [1.807, 2.05) is 84.9 Å². The standard InChI is InChI=1S/C51H29N3O3/c1-3-12-30(13-4-1)40-27-34(28-42-36-17-8-10-21-44(36)57-48(40)42)32-23-25-45-41(26-32)37-24-22-33(29-46(37)55-45)50-52-49(31-14-5-2-6-15-31)53-51(54-50)39-19-11-18-38-35-16-7-9-20-43(35)56-47(38)39/h1-29H. The summed E-state index contributed by atoms with van der Waals surface area (Å²) >= 11 is 0. The van der Waals surface area contributed by atoms with Gasteiger partial charge in [-0.3, -0.25) is 0 Å². The molecule has 0 spiro atoms. The Kier molecular flexibility index (Phi) is 6.83. The zero-order valence-electron chi connectivity index (χ0n) is 30.3. The highest BCUT2D eigenvalue weighted by Crippen LogP contribution is 2.42. The van der Waals surface area contributed by atoms with Crippen LogP contribution in [0.1, 0.15) is 0 Å². The van der Waals surface area contributed by atoms with E-state index in [1.54, 1.807) is 0 Å². The fourth-order valence-electron chi connectivity index (χ4n) is 8.19. The molecule has 0 fully saturated rings. The Hall–Kier alpha value is -7.83. The van der Waals surface area contributed by atoms with Gasteiger partial charge in [0, 0.05) is 49.0 Å². The van der Waals surface area contributed by atoms with Crippen molar-refractivity contribution in [2.75, 3.05) is 0 Å². The number of nitrogens with zero attached hydrogens (tertiary/aromatic N) is 3. The van der Waals surface area contributed by atoms with Gasteiger partial charge in [-0.25, -0.2) is 15.0 Å². The molecule has 266 valence electrons. The molecular formula is C51H29N3O3. The Morgan fingerprint density at radius 2 is 0.825 bits per heavy atom. The van der Waals surface area contributed by atoms with Crippen molar-refractivity contribution in [3.8, 4) is 56.4 Å². The van der Waals surface area contributed by atoms with Gasteiger partial charge in [0.1, 0.15) is 33.5 Å². The van der Waals surface area contributed by atoms with Gasteiger partial charge in [-0.15, -0.1) is 0 Å². The van der Waals surface area contributed by atoms with E-state index in [9.17, 15) is 0 Å². The second-order valence-electron chi connectivity index (χ2n) is 14.3. The molecular weight excluding hydrogens is 703 g/mol. The van der Waals surface area contributed by atoms with Gasteiger partial charge in [-0.1, -0.05) is 121 Å². The highest BCUT2D eigenvalue weighted by Gasteiger charge is 2.20. The number of benzene rings is 8. The van der Waals surface area contributed by atoms with Gasteiger partial charge in [0.05, 0.1) is 5.56 Å². The average Bonchev–Trinajstić information content (AvgIpc) is 3.97. The number of furan rings is 3. The van der Waals surface area contributed by atoms with Crippen molar-refractivity contribution >= 4 is 65.8 Å². The lowest BCUT2D eigenvalue weighted by atomic mass is 9.95. The fourth-order valence-corrected chi connectivity index (χ4v) is 8.19. The van der Waals surface area contributed by atoms with Gasteiger partial charge in [0.25, 0.3) is 0 Å². The molecule has 6 nitrogen and oxygen atoms in total. The van der Waals surface area contributed by atoms with Crippen molar-refractivity contribution in [1.29, 1.82) is 0 Å². The normalized spacial score (nSPS) is 11.9. The molecule has 0 saturated carbocycles. The van der Waals surface area contributed by atoms with Gasteiger partial charge < -0.3 is 13.3 Å². The Balaban J connectivity index is 1.00. The topological polar surface area (TPSA) is 78.1 Å². The fraction of sp³-hybridized carbons (Fsp3) is 0. The van der Waals surface area contributed by atoms with Crippen LogP contribution >= 0.6 is 0 Å². The molecule has 0 amide bonds. The predicted molar refractivity (Wildman–Crippen MR) is 229 cm³/mol. The maximum absolute atomic E-state index is 6.53. The lowest BCUT2D eigenvalue weighted by Gasteiger charge is -2.09. The SMILES string of the molecule is c1ccc(-c2nc(-c3ccc4c(c3)oc3ccc(-c5cc(-c6ccccc6)c6oc7ccccc7c6c5)cc34)nc(-c3cccc4c3oc3ccccc34)n2)cc1. The van der Waals surface area contributed by atoms with Crippen LogP contribution < -0.4 is 0 Å². The van der Waals surface area contributed by atoms with Crippen LogP contribution in [0.15, 0.2) is 189 Å². The zero-order valence-corrected chi connectivity index (χ0v) is 30.3. The average molecular weight is 732 g/mol. The van der Waals surface area contributed by atoms with Gasteiger partial charge in [-0.2, -0.15) is 0 Å².